The maximum atomic E-state index is 12.3. The van der Waals surface area contributed by atoms with Crippen LogP contribution in [0.2, 0.25) is 0 Å². The summed E-state index contributed by atoms with van der Waals surface area (Å²) in [6.45, 7) is 0. The van der Waals surface area contributed by atoms with E-state index in [1.165, 1.54) is 17.4 Å². The van der Waals surface area contributed by atoms with Crippen molar-refractivity contribution >= 4 is 37.3 Å². The van der Waals surface area contributed by atoms with Gasteiger partial charge in [-0.1, -0.05) is 11.3 Å². The molecule has 1 amide bonds. The molecular weight excluding hydrogens is 346 g/mol. The standard InChI is InChI=1S/C16H13N3O3S2/c20-15(17-12-5-8-24(21,22)10-12)11-3-4-13-14(9-11)23-16(18-13)19-6-1-2-7-19/h1-9,12H,10H2,(H,17,20). The van der Waals surface area contributed by atoms with E-state index in [2.05, 4.69) is 10.3 Å². The van der Waals surface area contributed by atoms with Gasteiger partial charge < -0.3 is 9.88 Å². The third kappa shape index (κ3) is 2.85. The molecule has 0 fully saturated rings. The topological polar surface area (TPSA) is 81.1 Å². The molecule has 1 aromatic carbocycles. The van der Waals surface area contributed by atoms with Crippen molar-refractivity contribution in [2.45, 2.75) is 6.04 Å². The average Bonchev–Trinajstić information content (AvgIpc) is 3.25. The molecule has 0 bridgehead atoms. The molecule has 3 aromatic rings. The van der Waals surface area contributed by atoms with E-state index in [1.54, 1.807) is 18.2 Å². The van der Waals surface area contributed by atoms with E-state index in [0.29, 0.717) is 5.56 Å². The molecule has 1 aliphatic rings. The summed E-state index contributed by atoms with van der Waals surface area (Å²) in [6.07, 6.45) is 5.33. The molecular formula is C16H13N3O3S2. The Morgan fingerprint density at radius 3 is 2.79 bits per heavy atom. The van der Waals surface area contributed by atoms with Crippen molar-refractivity contribution in [3.8, 4) is 5.13 Å². The summed E-state index contributed by atoms with van der Waals surface area (Å²) < 4.78 is 25.6. The lowest BCUT2D eigenvalue weighted by molar-refractivity contribution is 0.0948. The second-order valence-electron chi connectivity index (χ2n) is 5.51. The number of nitrogens with one attached hydrogen (secondary N) is 1. The van der Waals surface area contributed by atoms with Gasteiger partial charge in [0.25, 0.3) is 5.91 Å². The van der Waals surface area contributed by atoms with Crippen LogP contribution in [0, 0.1) is 0 Å². The first-order valence-corrected chi connectivity index (χ1v) is 9.79. The van der Waals surface area contributed by atoms with E-state index in [9.17, 15) is 13.2 Å². The van der Waals surface area contributed by atoms with E-state index in [4.69, 9.17) is 0 Å². The maximum Gasteiger partial charge on any atom is 0.251 e. The van der Waals surface area contributed by atoms with Gasteiger partial charge in [-0.3, -0.25) is 4.79 Å². The third-order valence-corrected chi connectivity index (χ3v) is 6.14. The second kappa shape index (κ2) is 5.57. The molecule has 0 saturated heterocycles. The number of amides is 1. The predicted octanol–water partition coefficient (Wildman–Crippen LogP) is 2.13. The van der Waals surface area contributed by atoms with Crippen molar-refractivity contribution in [3.63, 3.8) is 0 Å². The lowest BCUT2D eigenvalue weighted by Crippen LogP contribution is -2.35. The van der Waals surface area contributed by atoms with Crippen LogP contribution >= 0.6 is 11.3 Å². The highest BCUT2D eigenvalue weighted by Gasteiger charge is 2.23. The zero-order valence-electron chi connectivity index (χ0n) is 12.4. The van der Waals surface area contributed by atoms with E-state index in [-0.39, 0.29) is 11.7 Å². The smallest absolute Gasteiger partial charge is 0.251 e. The molecule has 1 unspecified atom stereocenters. The van der Waals surface area contributed by atoms with Crippen molar-refractivity contribution in [1.82, 2.24) is 14.9 Å². The summed E-state index contributed by atoms with van der Waals surface area (Å²) in [7, 11) is -3.19. The Morgan fingerprint density at radius 2 is 2.08 bits per heavy atom. The van der Waals surface area contributed by atoms with Gasteiger partial charge in [0.1, 0.15) is 0 Å². The molecule has 1 aliphatic heterocycles. The van der Waals surface area contributed by atoms with Gasteiger partial charge in [0.05, 0.1) is 22.0 Å². The van der Waals surface area contributed by atoms with Crippen LogP contribution in [0.25, 0.3) is 15.3 Å². The Morgan fingerprint density at radius 1 is 1.29 bits per heavy atom. The fourth-order valence-corrected chi connectivity index (χ4v) is 4.75. The first-order valence-electron chi connectivity index (χ1n) is 7.26. The Kier molecular flexibility index (Phi) is 3.50. The molecule has 8 heteroatoms. The van der Waals surface area contributed by atoms with Crippen LogP contribution in [0.4, 0.5) is 0 Å². The quantitative estimate of drug-likeness (QED) is 0.777. The minimum atomic E-state index is -3.19. The van der Waals surface area contributed by atoms with Crippen molar-refractivity contribution < 1.29 is 13.2 Å². The number of thiazole rings is 1. The van der Waals surface area contributed by atoms with Gasteiger partial charge >= 0.3 is 0 Å². The summed E-state index contributed by atoms with van der Waals surface area (Å²) in [4.78, 5) is 16.9. The number of carbonyl (C=O) groups is 1. The Labute approximate surface area is 142 Å². The number of carbonyl (C=O) groups excluding carboxylic acids is 1. The lowest BCUT2D eigenvalue weighted by atomic mass is 10.2. The minimum absolute atomic E-state index is 0.0840. The monoisotopic (exact) mass is 359 g/mol. The third-order valence-electron chi connectivity index (χ3n) is 3.71. The first kappa shape index (κ1) is 15.1. The number of hydrogen-bond acceptors (Lipinski definition) is 5. The first-order chi connectivity index (χ1) is 11.5. The summed E-state index contributed by atoms with van der Waals surface area (Å²) in [5.74, 6) is -0.376. The molecule has 2 aromatic heterocycles. The highest BCUT2D eigenvalue weighted by atomic mass is 32.2. The van der Waals surface area contributed by atoms with E-state index in [0.717, 1.165) is 20.8 Å². The van der Waals surface area contributed by atoms with Gasteiger partial charge in [0.15, 0.2) is 15.0 Å². The molecule has 6 nitrogen and oxygen atoms in total. The number of aromatic nitrogens is 2. The summed E-state index contributed by atoms with van der Waals surface area (Å²) in [5, 5.41) is 4.70. The van der Waals surface area contributed by atoms with Crippen molar-refractivity contribution in [2.24, 2.45) is 0 Å². The van der Waals surface area contributed by atoms with Crippen LogP contribution in [-0.2, 0) is 9.84 Å². The number of rotatable bonds is 3. The number of nitrogens with zero attached hydrogens (tertiary/aromatic N) is 2. The molecule has 4 rings (SSSR count). The summed E-state index contributed by atoms with van der Waals surface area (Å²) in [6, 6.07) is 8.65. The normalized spacial score (nSPS) is 18.9. The minimum Gasteiger partial charge on any atom is -0.345 e. The van der Waals surface area contributed by atoms with E-state index >= 15 is 0 Å². The van der Waals surface area contributed by atoms with Crippen LogP contribution in [0.3, 0.4) is 0 Å². The molecule has 0 spiro atoms. The zero-order chi connectivity index (χ0) is 16.7. The Bertz CT molecular complexity index is 1050. The number of benzene rings is 1. The van der Waals surface area contributed by atoms with E-state index < -0.39 is 15.9 Å². The zero-order valence-corrected chi connectivity index (χ0v) is 14.0. The molecule has 0 saturated carbocycles. The fraction of sp³-hybridized carbons (Fsp3) is 0.125. The van der Waals surface area contributed by atoms with E-state index in [1.807, 2.05) is 29.1 Å². The fourth-order valence-electron chi connectivity index (χ4n) is 2.54. The molecule has 0 radical (unpaired) electrons. The van der Waals surface area contributed by atoms with Crippen molar-refractivity contribution in [1.29, 1.82) is 0 Å². The lowest BCUT2D eigenvalue weighted by Gasteiger charge is -2.09. The molecule has 3 heterocycles. The van der Waals surface area contributed by atoms with Crippen LogP contribution < -0.4 is 5.32 Å². The highest BCUT2D eigenvalue weighted by Crippen LogP contribution is 2.26. The van der Waals surface area contributed by atoms with Gasteiger partial charge in [0, 0.05) is 23.4 Å². The number of hydrogen-bond donors (Lipinski definition) is 1. The Balaban J connectivity index is 1.58. The van der Waals surface area contributed by atoms with Crippen LogP contribution in [0.1, 0.15) is 10.4 Å². The van der Waals surface area contributed by atoms with Gasteiger partial charge in [-0.15, -0.1) is 0 Å². The molecule has 0 aliphatic carbocycles. The second-order valence-corrected chi connectivity index (χ2v) is 8.45. The van der Waals surface area contributed by atoms with Gasteiger partial charge in [-0.2, -0.15) is 0 Å². The Hall–Kier alpha value is -2.45. The summed E-state index contributed by atoms with van der Waals surface area (Å²) in [5.41, 5.74) is 1.31. The summed E-state index contributed by atoms with van der Waals surface area (Å²) >= 11 is 1.49. The molecule has 122 valence electrons. The average molecular weight is 359 g/mol. The number of sulfone groups is 1. The van der Waals surface area contributed by atoms with Crippen molar-refractivity contribution in [2.75, 3.05) is 5.75 Å². The van der Waals surface area contributed by atoms with Crippen LogP contribution in [0.5, 0.6) is 0 Å². The predicted molar refractivity (Wildman–Crippen MR) is 93.1 cm³/mol. The van der Waals surface area contributed by atoms with Crippen LogP contribution in [-0.4, -0.2) is 35.7 Å². The van der Waals surface area contributed by atoms with Gasteiger partial charge in [-0.05, 0) is 36.4 Å². The molecule has 1 N–H and O–H groups in total. The number of fused-ring (bicyclic) bond motifs is 1. The SMILES string of the molecule is O=C(NC1C=CS(=O)(=O)C1)c1ccc2nc(-n3cccc3)sc2c1. The van der Waals surface area contributed by atoms with Gasteiger partial charge in [-0.25, -0.2) is 13.4 Å². The largest absolute Gasteiger partial charge is 0.345 e. The highest BCUT2D eigenvalue weighted by molar-refractivity contribution is 7.94. The molecule has 24 heavy (non-hydrogen) atoms. The maximum absolute atomic E-state index is 12.3. The van der Waals surface area contributed by atoms with Gasteiger partial charge in [0.2, 0.25) is 0 Å². The van der Waals surface area contributed by atoms with Crippen molar-refractivity contribution in [3.05, 3.63) is 59.8 Å². The van der Waals surface area contributed by atoms with Crippen LogP contribution in [0.15, 0.2) is 54.2 Å². The molecule has 1 atom stereocenters.